The molecule has 2 aliphatic rings. The summed E-state index contributed by atoms with van der Waals surface area (Å²) in [5.41, 5.74) is 0. The van der Waals surface area contributed by atoms with Crippen LogP contribution in [-0.2, 0) is 4.79 Å². The number of alkyl halides is 3. The first-order chi connectivity index (χ1) is 8.26. The molecule has 1 amide bonds. The van der Waals surface area contributed by atoms with Crippen LogP contribution >= 0.6 is 0 Å². The van der Waals surface area contributed by atoms with Gasteiger partial charge >= 0.3 is 6.18 Å². The number of carbonyl (C=O) groups excluding carboxylic acids is 1. The average Bonchev–Trinajstić information content (AvgIpc) is 2.70. The molecule has 2 fully saturated rings. The van der Waals surface area contributed by atoms with E-state index in [4.69, 9.17) is 0 Å². The molecule has 2 rings (SSSR count). The smallest absolute Gasteiger partial charge is 0.342 e. The van der Waals surface area contributed by atoms with E-state index >= 15 is 0 Å². The number of fused-ring (bicyclic) bond motifs is 1. The minimum Gasteiger partial charge on any atom is -0.342 e. The highest BCUT2D eigenvalue weighted by atomic mass is 19.4. The molecule has 3 nitrogen and oxygen atoms in total. The second-order valence-electron chi connectivity index (χ2n) is 5.73. The van der Waals surface area contributed by atoms with E-state index in [9.17, 15) is 18.0 Å². The Morgan fingerprint density at radius 1 is 1.17 bits per heavy atom. The van der Waals surface area contributed by atoms with Crippen LogP contribution in [0.5, 0.6) is 0 Å². The third-order valence-corrected chi connectivity index (χ3v) is 3.77. The van der Waals surface area contributed by atoms with Crippen molar-refractivity contribution in [3.63, 3.8) is 0 Å². The fourth-order valence-corrected chi connectivity index (χ4v) is 3.02. The molecule has 2 aliphatic heterocycles. The number of halogens is 3. The maximum atomic E-state index is 12.3. The van der Waals surface area contributed by atoms with Gasteiger partial charge in [-0.1, -0.05) is 13.8 Å². The molecule has 18 heavy (non-hydrogen) atoms. The van der Waals surface area contributed by atoms with Crippen molar-refractivity contribution in [1.82, 2.24) is 9.80 Å². The quantitative estimate of drug-likeness (QED) is 0.756. The monoisotopic (exact) mass is 264 g/mol. The van der Waals surface area contributed by atoms with Crippen LogP contribution in [-0.4, -0.2) is 54.6 Å². The molecule has 0 bridgehead atoms. The third-order valence-electron chi connectivity index (χ3n) is 3.77. The van der Waals surface area contributed by atoms with Crippen LogP contribution in [0.4, 0.5) is 13.2 Å². The zero-order chi connectivity index (χ0) is 13.5. The van der Waals surface area contributed by atoms with Gasteiger partial charge in [-0.2, -0.15) is 13.2 Å². The molecule has 0 aromatic carbocycles. The van der Waals surface area contributed by atoms with E-state index in [-0.39, 0.29) is 23.7 Å². The molecular weight excluding hydrogens is 245 g/mol. The fraction of sp³-hybridized carbons (Fsp3) is 0.917. The summed E-state index contributed by atoms with van der Waals surface area (Å²) in [6.07, 6.45) is -4.12. The highest BCUT2D eigenvalue weighted by molar-refractivity contribution is 5.78. The van der Waals surface area contributed by atoms with Crippen molar-refractivity contribution in [3.05, 3.63) is 0 Å². The Balaban J connectivity index is 1.86. The number of rotatable bonds is 2. The minimum absolute atomic E-state index is 0.0323. The summed E-state index contributed by atoms with van der Waals surface area (Å²) in [5.74, 6) is 0.520. The van der Waals surface area contributed by atoms with E-state index in [0.29, 0.717) is 26.2 Å². The molecule has 2 atom stereocenters. The normalized spacial score (nSPS) is 29.1. The molecule has 0 saturated carbocycles. The van der Waals surface area contributed by atoms with Crippen LogP contribution in [0.25, 0.3) is 0 Å². The van der Waals surface area contributed by atoms with Gasteiger partial charge in [0.25, 0.3) is 0 Å². The Kier molecular flexibility index (Phi) is 3.58. The topological polar surface area (TPSA) is 23.6 Å². The lowest BCUT2D eigenvalue weighted by Crippen LogP contribution is -2.38. The Morgan fingerprint density at radius 3 is 2.06 bits per heavy atom. The number of hydrogen-bond acceptors (Lipinski definition) is 2. The summed E-state index contributed by atoms with van der Waals surface area (Å²) in [5, 5.41) is 0. The molecule has 6 heteroatoms. The summed E-state index contributed by atoms with van der Waals surface area (Å²) in [4.78, 5) is 15.1. The standard InChI is InChI=1S/C12H19F3N2O/c1-8(2)11(18)17-5-9-3-16(4-10(9)6-17)7-12(13,14)15/h8-10H,3-7H2,1-2H3. The zero-order valence-corrected chi connectivity index (χ0v) is 10.7. The van der Waals surface area contributed by atoms with Gasteiger partial charge in [-0.3, -0.25) is 9.69 Å². The summed E-state index contributed by atoms with van der Waals surface area (Å²) in [7, 11) is 0. The molecule has 0 aromatic heterocycles. The van der Waals surface area contributed by atoms with Gasteiger partial charge in [-0.15, -0.1) is 0 Å². The predicted molar refractivity (Wildman–Crippen MR) is 60.9 cm³/mol. The molecule has 0 aromatic rings. The number of hydrogen-bond donors (Lipinski definition) is 0. The molecule has 0 spiro atoms. The van der Waals surface area contributed by atoms with Crippen LogP contribution in [0.15, 0.2) is 0 Å². The van der Waals surface area contributed by atoms with Gasteiger partial charge in [0, 0.05) is 32.1 Å². The van der Waals surface area contributed by atoms with Gasteiger partial charge in [-0.05, 0) is 11.8 Å². The first-order valence-electron chi connectivity index (χ1n) is 6.34. The molecule has 2 heterocycles. The largest absolute Gasteiger partial charge is 0.401 e. The second kappa shape index (κ2) is 4.72. The van der Waals surface area contributed by atoms with E-state index in [1.165, 1.54) is 4.90 Å². The lowest BCUT2D eigenvalue weighted by atomic mass is 10.0. The number of nitrogens with zero attached hydrogens (tertiary/aromatic N) is 2. The first kappa shape index (κ1) is 13.6. The molecule has 0 aliphatic carbocycles. The molecule has 2 unspecified atom stereocenters. The second-order valence-corrected chi connectivity index (χ2v) is 5.73. The van der Waals surface area contributed by atoms with E-state index < -0.39 is 12.7 Å². The third kappa shape index (κ3) is 2.96. The highest BCUT2D eigenvalue weighted by Crippen LogP contribution is 2.33. The maximum Gasteiger partial charge on any atom is 0.401 e. The van der Waals surface area contributed by atoms with Crippen LogP contribution < -0.4 is 0 Å². The average molecular weight is 264 g/mol. The SMILES string of the molecule is CC(C)C(=O)N1CC2CN(CC(F)(F)F)CC2C1. The van der Waals surface area contributed by atoms with Gasteiger partial charge in [0.05, 0.1) is 6.54 Å². The molecule has 2 saturated heterocycles. The van der Waals surface area contributed by atoms with Crippen molar-refractivity contribution in [2.45, 2.75) is 20.0 Å². The van der Waals surface area contributed by atoms with Crippen molar-refractivity contribution in [2.75, 3.05) is 32.7 Å². The van der Waals surface area contributed by atoms with Crippen LogP contribution in [0.1, 0.15) is 13.8 Å². The van der Waals surface area contributed by atoms with Crippen molar-refractivity contribution in [2.24, 2.45) is 17.8 Å². The number of carbonyl (C=O) groups is 1. The van der Waals surface area contributed by atoms with Gasteiger partial charge in [-0.25, -0.2) is 0 Å². The summed E-state index contributed by atoms with van der Waals surface area (Å²) in [6, 6.07) is 0. The maximum absolute atomic E-state index is 12.3. The Bertz CT molecular complexity index is 316. The zero-order valence-electron chi connectivity index (χ0n) is 10.7. The Hall–Kier alpha value is -0.780. The van der Waals surface area contributed by atoms with Gasteiger partial charge in [0.15, 0.2) is 0 Å². The summed E-state index contributed by atoms with van der Waals surface area (Å²) >= 11 is 0. The lowest BCUT2D eigenvalue weighted by Gasteiger charge is -2.23. The van der Waals surface area contributed by atoms with Crippen LogP contribution in [0.3, 0.4) is 0 Å². The van der Waals surface area contributed by atoms with E-state index in [1.807, 2.05) is 18.7 Å². The summed E-state index contributed by atoms with van der Waals surface area (Å²) in [6.45, 7) is 5.06. The van der Waals surface area contributed by atoms with Crippen LogP contribution in [0.2, 0.25) is 0 Å². The first-order valence-corrected chi connectivity index (χ1v) is 6.34. The fourth-order valence-electron chi connectivity index (χ4n) is 3.02. The highest BCUT2D eigenvalue weighted by Gasteiger charge is 2.44. The van der Waals surface area contributed by atoms with E-state index in [2.05, 4.69) is 0 Å². The van der Waals surface area contributed by atoms with Crippen molar-refractivity contribution < 1.29 is 18.0 Å². The van der Waals surface area contributed by atoms with E-state index in [0.717, 1.165) is 0 Å². The Morgan fingerprint density at radius 2 is 1.67 bits per heavy atom. The Labute approximate surface area is 105 Å². The minimum atomic E-state index is -4.12. The van der Waals surface area contributed by atoms with Gasteiger partial charge < -0.3 is 4.90 Å². The molecular formula is C12H19F3N2O. The number of amides is 1. The van der Waals surface area contributed by atoms with E-state index in [1.54, 1.807) is 0 Å². The summed E-state index contributed by atoms with van der Waals surface area (Å²) < 4.78 is 36.9. The van der Waals surface area contributed by atoms with Gasteiger partial charge in [0.2, 0.25) is 5.91 Å². The van der Waals surface area contributed by atoms with Crippen molar-refractivity contribution >= 4 is 5.91 Å². The van der Waals surface area contributed by atoms with Gasteiger partial charge in [0.1, 0.15) is 0 Å². The van der Waals surface area contributed by atoms with Crippen molar-refractivity contribution in [3.8, 4) is 0 Å². The lowest BCUT2D eigenvalue weighted by molar-refractivity contribution is -0.145. The number of likely N-dealkylation sites (tertiary alicyclic amines) is 2. The van der Waals surface area contributed by atoms with Crippen molar-refractivity contribution in [1.29, 1.82) is 0 Å². The van der Waals surface area contributed by atoms with Crippen LogP contribution in [0, 0.1) is 17.8 Å². The molecule has 0 radical (unpaired) electrons. The molecule has 104 valence electrons. The predicted octanol–water partition coefficient (Wildman–Crippen LogP) is 1.59. The molecule has 0 N–H and O–H groups in total.